The molecule has 0 radical (unpaired) electrons. The second-order valence-electron chi connectivity index (χ2n) is 5.03. The van der Waals surface area contributed by atoms with E-state index < -0.39 is 6.10 Å². The molecule has 1 fully saturated rings. The lowest BCUT2D eigenvalue weighted by molar-refractivity contribution is 0.00181. The van der Waals surface area contributed by atoms with Gasteiger partial charge in [-0.15, -0.1) is 0 Å². The standard InChI is InChI=1S/C13H28N2O3/c1-14(7-8-15-5-3-4-6-15)11-13(16)12-18-10-9-17-2/h13,16H,3-12H2,1-2H3. The molecule has 1 atom stereocenters. The summed E-state index contributed by atoms with van der Waals surface area (Å²) >= 11 is 0. The van der Waals surface area contributed by atoms with Crippen LogP contribution >= 0.6 is 0 Å². The lowest BCUT2D eigenvalue weighted by Gasteiger charge is -2.23. The second-order valence-corrected chi connectivity index (χ2v) is 5.03. The van der Waals surface area contributed by atoms with Crippen LogP contribution in [0, 0.1) is 0 Å². The summed E-state index contributed by atoms with van der Waals surface area (Å²) in [6, 6.07) is 0. The first kappa shape index (κ1) is 15.9. The van der Waals surface area contributed by atoms with Crippen molar-refractivity contribution >= 4 is 0 Å². The van der Waals surface area contributed by atoms with Crippen molar-refractivity contribution in [3.05, 3.63) is 0 Å². The normalized spacial score (nSPS) is 18.7. The minimum Gasteiger partial charge on any atom is -0.389 e. The smallest absolute Gasteiger partial charge is 0.0900 e. The molecule has 0 aromatic carbocycles. The van der Waals surface area contributed by atoms with Crippen molar-refractivity contribution < 1.29 is 14.6 Å². The molecule has 1 rings (SSSR count). The summed E-state index contributed by atoms with van der Waals surface area (Å²) in [6.45, 7) is 6.76. The predicted molar refractivity (Wildman–Crippen MR) is 71.9 cm³/mol. The highest BCUT2D eigenvalue weighted by Gasteiger charge is 2.13. The Kier molecular flexibility index (Phi) is 8.54. The molecule has 108 valence electrons. The number of nitrogens with zero attached hydrogens (tertiary/aromatic N) is 2. The van der Waals surface area contributed by atoms with E-state index >= 15 is 0 Å². The first-order chi connectivity index (χ1) is 8.72. The highest BCUT2D eigenvalue weighted by atomic mass is 16.5. The summed E-state index contributed by atoms with van der Waals surface area (Å²) in [6.07, 6.45) is 2.25. The summed E-state index contributed by atoms with van der Waals surface area (Å²) in [5.41, 5.74) is 0. The predicted octanol–water partition coefficient (Wildman–Crippen LogP) is 0.0379. The summed E-state index contributed by atoms with van der Waals surface area (Å²) in [4.78, 5) is 4.65. The summed E-state index contributed by atoms with van der Waals surface area (Å²) in [5, 5.41) is 9.79. The Morgan fingerprint density at radius 3 is 2.67 bits per heavy atom. The third-order valence-electron chi connectivity index (χ3n) is 3.26. The van der Waals surface area contributed by atoms with Crippen LogP contribution in [0.15, 0.2) is 0 Å². The van der Waals surface area contributed by atoms with Crippen molar-refractivity contribution in [1.82, 2.24) is 9.80 Å². The van der Waals surface area contributed by atoms with Crippen molar-refractivity contribution in [3.8, 4) is 0 Å². The number of hydrogen-bond donors (Lipinski definition) is 1. The van der Waals surface area contributed by atoms with Crippen LogP contribution in [0.4, 0.5) is 0 Å². The van der Waals surface area contributed by atoms with Gasteiger partial charge in [0.1, 0.15) is 0 Å². The lowest BCUT2D eigenvalue weighted by Crippen LogP contribution is -2.37. The fourth-order valence-electron chi connectivity index (χ4n) is 2.18. The average molecular weight is 260 g/mol. The molecule has 0 bridgehead atoms. The molecule has 0 aliphatic carbocycles. The van der Waals surface area contributed by atoms with Crippen molar-refractivity contribution in [2.75, 3.05) is 66.7 Å². The van der Waals surface area contributed by atoms with Gasteiger partial charge in [0, 0.05) is 26.7 Å². The molecule has 1 N–H and O–H groups in total. The van der Waals surface area contributed by atoms with Crippen LogP contribution < -0.4 is 0 Å². The molecule has 18 heavy (non-hydrogen) atoms. The van der Waals surface area contributed by atoms with E-state index in [0.29, 0.717) is 26.4 Å². The third kappa shape index (κ3) is 7.28. The average Bonchev–Trinajstić information content (AvgIpc) is 2.85. The molecule has 5 heteroatoms. The fourth-order valence-corrected chi connectivity index (χ4v) is 2.18. The minimum absolute atomic E-state index is 0.386. The molecule has 1 saturated heterocycles. The fraction of sp³-hybridized carbons (Fsp3) is 1.00. The zero-order valence-corrected chi connectivity index (χ0v) is 11.8. The van der Waals surface area contributed by atoms with E-state index in [-0.39, 0.29) is 0 Å². The Morgan fingerprint density at radius 1 is 1.28 bits per heavy atom. The molecule has 5 nitrogen and oxygen atoms in total. The summed E-state index contributed by atoms with van der Waals surface area (Å²) < 4.78 is 10.2. The number of methoxy groups -OCH3 is 1. The zero-order chi connectivity index (χ0) is 13.2. The van der Waals surface area contributed by atoms with Gasteiger partial charge in [0.25, 0.3) is 0 Å². The van der Waals surface area contributed by atoms with E-state index in [0.717, 1.165) is 13.1 Å². The van der Waals surface area contributed by atoms with Crippen LogP contribution in [-0.4, -0.2) is 87.7 Å². The van der Waals surface area contributed by atoms with Crippen LogP contribution in [0.5, 0.6) is 0 Å². The van der Waals surface area contributed by atoms with Gasteiger partial charge in [-0.3, -0.25) is 0 Å². The summed E-state index contributed by atoms with van der Waals surface area (Å²) in [7, 11) is 3.69. The third-order valence-corrected chi connectivity index (χ3v) is 3.26. The van der Waals surface area contributed by atoms with Crippen molar-refractivity contribution in [3.63, 3.8) is 0 Å². The first-order valence-electron chi connectivity index (χ1n) is 6.88. The van der Waals surface area contributed by atoms with E-state index in [4.69, 9.17) is 9.47 Å². The van der Waals surface area contributed by atoms with E-state index in [1.54, 1.807) is 7.11 Å². The number of ether oxygens (including phenoxy) is 2. The molecule has 0 aromatic heterocycles. The van der Waals surface area contributed by atoms with Crippen LogP contribution in [0.25, 0.3) is 0 Å². The molecular weight excluding hydrogens is 232 g/mol. The number of likely N-dealkylation sites (tertiary alicyclic amines) is 1. The topological polar surface area (TPSA) is 45.2 Å². The highest BCUT2D eigenvalue weighted by Crippen LogP contribution is 2.06. The molecule has 0 aromatic rings. The van der Waals surface area contributed by atoms with Gasteiger partial charge in [-0.05, 0) is 33.0 Å². The minimum atomic E-state index is -0.412. The maximum absolute atomic E-state index is 9.79. The Hall–Kier alpha value is -0.200. The van der Waals surface area contributed by atoms with Gasteiger partial charge in [-0.25, -0.2) is 0 Å². The molecular formula is C13H28N2O3. The number of aliphatic hydroxyl groups is 1. The number of likely N-dealkylation sites (N-methyl/N-ethyl adjacent to an activating group) is 1. The monoisotopic (exact) mass is 260 g/mol. The van der Waals surface area contributed by atoms with Crippen LogP contribution in [-0.2, 0) is 9.47 Å². The van der Waals surface area contributed by atoms with Crippen molar-refractivity contribution in [1.29, 1.82) is 0 Å². The molecule has 1 aliphatic heterocycles. The second kappa shape index (κ2) is 9.69. The molecule has 0 saturated carbocycles. The van der Waals surface area contributed by atoms with Crippen LogP contribution in [0.3, 0.4) is 0 Å². The van der Waals surface area contributed by atoms with Crippen molar-refractivity contribution in [2.45, 2.75) is 18.9 Å². The van der Waals surface area contributed by atoms with Gasteiger partial charge in [0.05, 0.1) is 25.9 Å². The Balaban J connectivity index is 1.98. The molecule has 1 aliphatic rings. The maximum atomic E-state index is 9.79. The number of aliphatic hydroxyl groups excluding tert-OH is 1. The number of hydrogen-bond acceptors (Lipinski definition) is 5. The Labute approximate surface area is 111 Å². The SMILES string of the molecule is COCCOCC(O)CN(C)CCN1CCCC1. The molecule has 1 heterocycles. The van der Waals surface area contributed by atoms with E-state index in [9.17, 15) is 5.11 Å². The van der Waals surface area contributed by atoms with Crippen LogP contribution in [0.1, 0.15) is 12.8 Å². The van der Waals surface area contributed by atoms with Crippen LogP contribution in [0.2, 0.25) is 0 Å². The summed E-state index contributed by atoms with van der Waals surface area (Å²) in [5.74, 6) is 0. The Morgan fingerprint density at radius 2 is 2.00 bits per heavy atom. The van der Waals surface area contributed by atoms with E-state index in [2.05, 4.69) is 16.8 Å². The Bertz CT molecular complexity index is 199. The molecule has 1 unspecified atom stereocenters. The van der Waals surface area contributed by atoms with Gasteiger partial charge in [-0.1, -0.05) is 0 Å². The van der Waals surface area contributed by atoms with Gasteiger partial charge in [0.2, 0.25) is 0 Å². The quantitative estimate of drug-likeness (QED) is 0.562. The van der Waals surface area contributed by atoms with Gasteiger partial charge >= 0.3 is 0 Å². The van der Waals surface area contributed by atoms with Crippen molar-refractivity contribution in [2.24, 2.45) is 0 Å². The van der Waals surface area contributed by atoms with Gasteiger partial charge in [0.15, 0.2) is 0 Å². The van der Waals surface area contributed by atoms with E-state index in [1.807, 2.05) is 0 Å². The van der Waals surface area contributed by atoms with E-state index in [1.165, 1.54) is 25.9 Å². The largest absolute Gasteiger partial charge is 0.389 e. The lowest BCUT2D eigenvalue weighted by atomic mass is 10.3. The first-order valence-corrected chi connectivity index (χ1v) is 6.88. The number of rotatable bonds is 10. The van der Waals surface area contributed by atoms with Gasteiger partial charge < -0.3 is 24.4 Å². The highest BCUT2D eigenvalue weighted by molar-refractivity contribution is 4.68. The molecule has 0 spiro atoms. The maximum Gasteiger partial charge on any atom is 0.0900 e. The molecule has 0 amide bonds. The van der Waals surface area contributed by atoms with Gasteiger partial charge in [-0.2, -0.15) is 0 Å². The zero-order valence-electron chi connectivity index (χ0n) is 11.8.